The third-order valence-electron chi connectivity index (χ3n) is 3.13. The maximum atomic E-state index is 12.5. The van der Waals surface area contributed by atoms with E-state index in [1.807, 2.05) is 27.7 Å². The average molecular weight is 278 g/mol. The molecule has 3 N–H and O–H groups in total. The molecule has 0 saturated carbocycles. The monoisotopic (exact) mass is 278 g/mol. The maximum absolute atomic E-state index is 12.5. The first kappa shape index (κ1) is 14.7. The number of amides is 1. The molecule has 1 aliphatic heterocycles. The van der Waals surface area contributed by atoms with Crippen molar-refractivity contribution in [3.8, 4) is 0 Å². The number of morpholine rings is 1. The van der Waals surface area contributed by atoms with E-state index in [1.54, 1.807) is 23.2 Å². The number of hydrazine groups is 1. The van der Waals surface area contributed by atoms with E-state index < -0.39 is 0 Å². The van der Waals surface area contributed by atoms with E-state index in [0.717, 1.165) is 0 Å². The molecule has 0 atom stereocenters. The lowest BCUT2D eigenvalue weighted by Gasteiger charge is -2.47. The molecule has 1 aliphatic rings. The van der Waals surface area contributed by atoms with Gasteiger partial charge in [-0.05, 0) is 39.8 Å². The summed E-state index contributed by atoms with van der Waals surface area (Å²) in [6, 6.07) is 3.41. The lowest BCUT2D eigenvalue weighted by molar-refractivity contribution is -0.171. The average Bonchev–Trinajstić information content (AvgIpc) is 2.34. The molecule has 1 aromatic heterocycles. The van der Waals surface area contributed by atoms with Gasteiger partial charge in [-0.3, -0.25) is 10.6 Å². The van der Waals surface area contributed by atoms with Crippen molar-refractivity contribution < 1.29 is 9.53 Å². The molecule has 20 heavy (non-hydrogen) atoms. The number of hydrogen-bond donors (Lipinski definition) is 2. The molecule has 2 heterocycles. The van der Waals surface area contributed by atoms with Crippen molar-refractivity contribution in [1.82, 2.24) is 9.88 Å². The van der Waals surface area contributed by atoms with Gasteiger partial charge in [0.15, 0.2) is 0 Å². The predicted molar refractivity (Wildman–Crippen MR) is 77.2 cm³/mol. The molecule has 1 amide bonds. The van der Waals surface area contributed by atoms with E-state index >= 15 is 0 Å². The summed E-state index contributed by atoms with van der Waals surface area (Å²) < 4.78 is 5.97. The Morgan fingerprint density at radius 2 is 1.90 bits per heavy atom. The van der Waals surface area contributed by atoms with Crippen molar-refractivity contribution >= 4 is 11.6 Å². The molecular weight excluding hydrogens is 256 g/mol. The minimum atomic E-state index is -0.365. The summed E-state index contributed by atoms with van der Waals surface area (Å²) in [5, 5.41) is 0. The van der Waals surface area contributed by atoms with Crippen molar-refractivity contribution in [2.75, 3.05) is 18.5 Å². The summed E-state index contributed by atoms with van der Waals surface area (Å²) >= 11 is 0. The molecular formula is C14H22N4O2. The second-order valence-corrected chi connectivity index (χ2v) is 6.36. The van der Waals surface area contributed by atoms with Crippen molar-refractivity contribution in [2.45, 2.75) is 38.9 Å². The van der Waals surface area contributed by atoms with Gasteiger partial charge in [0.05, 0.1) is 23.1 Å². The maximum Gasteiger partial charge on any atom is 0.272 e. The topological polar surface area (TPSA) is 80.5 Å². The summed E-state index contributed by atoms with van der Waals surface area (Å²) in [6.07, 6.45) is 1.55. The number of carbonyl (C=O) groups is 1. The first-order chi connectivity index (χ1) is 9.22. The number of carbonyl (C=O) groups excluding carboxylic acids is 1. The van der Waals surface area contributed by atoms with E-state index in [2.05, 4.69) is 10.4 Å². The van der Waals surface area contributed by atoms with Crippen LogP contribution < -0.4 is 11.3 Å². The highest BCUT2D eigenvalue weighted by Gasteiger charge is 2.40. The summed E-state index contributed by atoms with van der Waals surface area (Å²) in [4.78, 5) is 18.5. The lowest BCUT2D eigenvalue weighted by atomic mass is 9.98. The standard InChI is InChI=1S/C14H22N4O2/c1-13(2)8-18(9-14(3,4)20-13)12(19)11-6-5-10(17-15)7-16-11/h5-7,17H,8-9,15H2,1-4H3. The number of nitrogen functional groups attached to an aromatic ring is 1. The van der Waals surface area contributed by atoms with E-state index in [9.17, 15) is 4.79 Å². The van der Waals surface area contributed by atoms with Crippen LogP contribution in [0.25, 0.3) is 0 Å². The van der Waals surface area contributed by atoms with Gasteiger partial charge in [0.1, 0.15) is 5.69 Å². The SMILES string of the molecule is CC1(C)CN(C(=O)c2ccc(NN)cn2)CC(C)(C)O1. The first-order valence-electron chi connectivity index (χ1n) is 6.65. The van der Waals surface area contributed by atoms with E-state index in [1.165, 1.54) is 0 Å². The lowest BCUT2D eigenvalue weighted by Crippen LogP contribution is -2.58. The number of hydrogen-bond acceptors (Lipinski definition) is 5. The Morgan fingerprint density at radius 3 is 2.35 bits per heavy atom. The van der Waals surface area contributed by atoms with Gasteiger partial charge in [0, 0.05) is 13.1 Å². The summed E-state index contributed by atoms with van der Waals surface area (Å²) in [7, 11) is 0. The minimum absolute atomic E-state index is 0.0852. The van der Waals surface area contributed by atoms with E-state index in [-0.39, 0.29) is 17.1 Å². The molecule has 1 saturated heterocycles. The van der Waals surface area contributed by atoms with Gasteiger partial charge < -0.3 is 15.1 Å². The van der Waals surface area contributed by atoms with Crippen LogP contribution in [0, 0.1) is 0 Å². The smallest absolute Gasteiger partial charge is 0.272 e. The zero-order valence-electron chi connectivity index (χ0n) is 12.4. The van der Waals surface area contributed by atoms with Gasteiger partial charge in [-0.25, -0.2) is 4.98 Å². The largest absolute Gasteiger partial charge is 0.366 e. The molecule has 2 rings (SSSR count). The quantitative estimate of drug-likeness (QED) is 0.631. The second-order valence-electron chi connectivity index (χ2n) is 6.36. The molecule has 0 aliphatic carbocycles. The number of pyridine rings is 1. The van der Waals surface area contributed by atoms with Crippen LogP contribution >= 0.6 is 0 Å². The molecule has 1 aromatic rings. The third kappa shape index (κ3) is 3.26. The molecule has 0 radical (unpaired) electrons. The highest BCUT2D eigenvalue weighted by Crippen LogP contribution is 2.28. The van der Waals surface area contributed by atoms with Crippen molar-refractivity contribution in [2.24, 2.45) is 5.84 Å². The number of rotatable bonds is 2. The fourth-order valence-electron chi connectivity index (χ4n) is 2.70. The molecule has 0 aromatic carbocycles. The number of nitrogens with zero attached hydrogens (tertiary/aromatic N) is 2. The van der Waals surface area contributed by atoms with Gasteiger partial charge in [-0.15, -0.1) is 0 Å². The van der Waals surface area contributed by atoms with E-state index in [4.69, 9.17) is 10.6 Å². The van der Waals surface area contributed by atoms with Crippen LogP contribution in [0.15, 0.2) is 18.3 Å². The fourth-order valence-corrected chi connectivity index (χ4v) is 2.70. The molecule has 0 spiro atoms. The number of ether oxygens (including phenoxy) is 1. The highest BCUT2D eigenvalue weighted by atomic mass is 16.5. The molecule has 6 nitrogen and oxygen atoms in total. The van der Waals surface area contributed by atoms with Crippen molar-refractivity contribution in [3.63, 3.8) is 0 Å². The van der Waals surface area contributed by atoms with Crippen LogP contribution in [-0.4, -0.2) is 40.1 Å². The Bertz CT molecular complexity index is 480. The molecule has 110 valence electrons. The number of aromatic nitrogens is 1. The van der Waals surface area contributed by atoms with Gasteiger partial charge >= 0.3 is 0 Å². The van der Waals surface area contributed by atoms with Crippen LogP contribution in [0.2, 0.25) is 0 Å². The van der Waals surface area contributed by atoms with Crippen LogP contribution in [0.5, 0.6) is 0 Å². The second kappa shape index (κ2) is 5.03. The number of nitrogens with one attached hydrogen (secondary N) is 1. The summed E-state index contributed by atoms with van der Waals surface area (Å²) in [5.74, 6) is 5.20. The van der Waals surface area contributed by atoms with Gasteiger partial charge in [-0.2, -0.15) is 0 Å². The van der Waals surface area contributed by atoms with Crippen LogP contribution in [0.1, 0.15) is 38.2 Å². The fraction of sp³-hybridized carbons (Fsp3) is 0.571. The normalized spacial score (nSPS) is 20.6. The number of nitrogens with two attached hydrogens (primary N) is 1. The van der Waals surface area contributed by atoms with Gasteiger partial charge in [0.2, 0.25) is 0 Å². The van der Waals surface area contributed by atoms with Crippen LogP contribution in [0.3, 0.4) is 0 Å². The molecule has 6 heteroatoms. The Hall–Kier alpha value is -1.66. The van der Waals surface area contributed by atoms with Crippen molar-refractivity contribution in [3.05, 3.63) is 24.0 Å². The van der Waals surface area contributed by atoms with E-state index in [0.29, 0.717) is 24.5 Å². The summed E-state index contributed by atoms with van der Waals surface area (Å²) in [5.41, 5.74) is 2.85. The minimum Gasteiger partial charge on any atom is -0.366 e. The summed E-state index contributed by atoms with van der Waals surface area (Å²) in [6.45, 7) is 9.06. The Labute approximate surface area is 119 Å². The van der Waals surface area contributed by atoms with Crippen LogP contribution in [0.4, 0.5) is 5.69 Å². The van der Waals surface area contributed by atoms with Crippen molar-refractivity contribution in [1.29, 1.82) is 0 Å². The number of anilines is 1. The Kier molecular flexibility index (Phi) is 3.71. The zero-order chi connectivity index (χ0) is 15.0. The van der Waals surface area contributed by atoms with Gasteiger partial charge in [-0.1, -0.05) is 0 Å². The first-order valence-corrected chi connectivity index (χ1v) is 6.65. The Balaban J connectivity index is 2.19. The van der Waals surface area contributed by atoms with Gasteiger partial charge in [0.25, 0.3) is 5.91 Å². The highest BCUT2D eigenvalue weighted by molar-refractivity contribution is 5.92. The predicted octanol–water partition coefficient (Wildman–Crippen LogP) is 1.40. The molecule has 0 bridgehead atoms. The Morgan fingerprint density at radius 1 is 1.30 bits per heavy atom. The third-order valence-corrected chi connectivity index (χ3v) is 3.13. The molecule has 0 unspecified atom stereocenters. The molecule has 1 fully saturated rings. The van der Waals surface area contributed by atoms with Crippen LogP contribution in [-0.2, 0) is 4.74 Å². The zero-order valence-corrected chi connectivity index (χ0v) is 12.4.